The molecule has 4 aliphatic rings. The van der Waals surface area contributed by atoms with Gasteiger partial charge in [-0.3, -0.25) is 0 Å². The number of hydrogen-bond acceptors (Lipinski definition) is 8. The Labute approximate surface area is 636 Å². The number of benzene rings is 9. The molecule has 2 saturated heterocycles. The van der Waals surface area contributed by atoms with Gasteiger partial charge >= 0.3 is 8.56 Å². The largest absolute Gasteiger partial charge is 0.508 e. The number of phenolic OH excluding ortho intramolecular Hbond substituents is 2. The highest BCUT2D eigenvalue weighted by Gasteiger charge is 2.48. The van der Waals surface area contributed by atoms with Gasteiger partial charge in [-0.15, -0.1) is 0 Å². The van der Waals surface area contributed by atoms with Crippen LogP contribution in [-0.4, -0.2) is 90.2 Å². The van der Waals surface area contributed by atoms with Crippen LogP contribution >= 0.6 is 0 Å². The first-order valence-electron chi connectivity index (χ1n) is 39.3. The van der Waals surface area contributed by atoms with Crippen LogP contribution in [0.1, 0.15) is 146 Å². The predicted molar refractivity (Wildman–Crippen MR) is 454 cm³/mol. The average molecular weight is 1500 g/mol. The van der Waals surface area contributed by atoms with Gasteiger partial charge in [-0.25, -0.2) is 0 Å². The van der Waals surface area contributed by atoms with Crippen LogP contribution in [0.25, 0.3) is 22.3 Å². The van der Waals surface area contributed by atoms with E-state index in [1.165, 1.54) is 66.8 Å². The molecule has 0 saturated carbocycles. The van der Waals surface area contributed by atoms with Crippen LogP contribution in [0, 0.1) is 0 Å². The van der Waals surface area contributed by atoms with Crippen LogP contribution < -0.4 is 19.8 Å². The normalized spacial score (nSPS) is 15.8. The van der Waals surface area contributed by atoms with Crippen molar-refractivity contribution in [3.05, 3.63) is 261 Å². The summed E-state index contributed by atoms with van der Waals surface area (Å²) in [6, 6.07) is 70.9. The highest BCUT2D eigenvalue weighted by molar-refractivity contribution is 6.90. The summed E-state index contributed by atoms with van der Waals surface area (Å²) in [6.45, 7) is 43.7. The standard InChI is InChI=1S/C39H42O4.C33H34O2.C12H22Si2.C8H24O2Si3/c1-3-5-11-27-21-29(17-19-37(27)42-25-31-23-40-31)39(35-15-9-7-13-33(35)34-14-8-10-16-36(34)39)30-18-20-38(43-26-32-24-41-32)28(22-30)12-6-4-2;1-3-5-11-23-21-25(17-19-31(23)34)33(26-18-20-32(35)24(22-26)12-6-4-2)29-15-9-7-13-27(29)28-14-8-10-16-30(28)33;1-13(2,3)11-7-9-12(10-8-11)14(4,5)6;1-11(2,3)9-13(7,8)10-12(4,5)6/h7-10,13-22,31-32H,3-6,11-12,23-26H2,1-2H3;7-10,13-22,34-35H,3-6,11-12H2,1-2H3;7-10H,1-6H3;1-8H3. The summed E-state index contributed by atoms with van der Waals surface area (Å²) in [6.07, 6.45) is 12.9. The van der Waals surface area contributed by atoms with Crippen molar-refractivity contribution in [2.45, 2.75) is 219 Å². The van der Waals surface area contributed by atoms with E-state index in [1.807, 2.05) is 12.1 Å². The SMILES string of the molecule is CCCCc1cc(C2(c3ccc(O)c(CCCC)c3)c3ccccc3-c3ccccc32)ccc1O.CCCCc1cc(C2(c3ccc(OCC4CO4)c(CCCC)c3)c3ccccc3-c3ccccc32)ccc1OCC1CO1.C[Si](C)(C)O[Si](C)(C)O[Si](C)(C)C.C[Si](C)(C)c1ccc([Si](C)(C)C)cc1. The van der Waals surface area contributed by atoms with E-state index < -0.39 is 52.2 Å². The summed E-state index contributed by atoms with van der Waals surface area (Å²) in [5.41, 5.74) is 18.7. The summed E-state index contributed by atoms with van der Waals surface area (Å²) in [5, 5.41) is 24.5. The Morgan fingerprint density at radius 2 is 0.619 bits per heavy atom. The molecule has 0 bridgehead atoms. The predicted octanol–water partition coefficient (Wildman–Crippen LogP) is 22.6. The monoisotopic (exact) mass is 1490 g/mol. The molecule has 0 aromatic heterocycles. The van der Waals surface area contributed by atoms with Crippen LogP contribution in [0.3, 0.4) is 0 Å². The molecule has 8 nitrogen and oxygen atoms in total. The molecule has 2 atom stereocenters. The van der Waals surface area contributed by atoms with E-state index in [9.17, 15) is 10.2 Å². The molecular weight excluding hydrogens is 1370 g/mol. The zero-order valence-corrected chi connectivity index (χ0v) is 71.8. The Balaban J connectivity index is 0.000000169. The number of rotatable bonds is 28. The van der Waals surface area contributed by atoms with Crippen LogP contribution in [0.2, 0.25) is 91.7 Å². The van der Waals surface area contributed by atoms with Crippen molar-refractivity contribution in [1.82, 2.24) is 0 Å². The minimum atomic E-state index is -1.85. The van der Waals surface area contributed by atoms with Gasteiger partial charge in [0.25, 0.3) is 0 Å². The van der Waals surface area contributed by atoms with E-state index >= 15 is 0 Å². The molecule has 2 heterocycles. The Kier molecular flexibility index (Phi) is 26.5. The number of phenols is 2. The van der Waals surface area contributed by atoms with Crippen molar-refractivity contribution in [2.75, 3.05) is 26.4 Å². The van der Waals surface area contributed by atoms with Gasteiger partial charge in [0.05, 0.1) is 40.2 Å². The first kappa shape index (κ1) is 80.6. The van der Waals surface area contributed by atoms with E-state index in [4.69, 9.17) is 27.2 Å². The fourth-order valence-corrected chi connectivity index (χ4v) is 30.2. The molecule has 0 amide bonds. The van der Waals surface area contributed by atoms with Gasteiger partial charge in [-0.1, -0.05) is 273 Å². The number of fused-ring (bicyclic) bond motifs is 6. The van der Waals surface area contributed by atoms with E-state index in [2.05, 4.69) is 301 Å². The summed E-state index contributed by atoms with van der Waals surface area (Å²) < 4.78 is 35.7. The fraction of sp³-hybridized carbons (Fsp3) is 0.413. The van der Waals surface area contributed by atoms with Crippen molar-refractivity contribution in [3.8, 4) is 45.3 Å². The van der Waals surface area contributed by atoms with Gasteiger partial charge in [0.1, 0.15) is 48.4 Å². The maximum absolute atomic E-state index is 10.7. The van der Waals surface area contributed by atoms with Crippen LogP contribution in [-0.2, 0) is 54.2 Å². The Morgan fingerprint density at radius 1 is 0.352 bits per heavy atom. The topological polar surface area (TPSA) is 102 Å². The molecule has 558 valence electrons. The number of aryl methyl sites for hydroxylation is 4. The van der Waals surface area contributed by atoms with Crippen molar-refractivity contribution < 1.29 is 37.4 Å². The smallest absolute Gasteiger partial charge is 0.311 e. The lowest BCUT2D eigenvalue weighted by Gasteiger charge is -2.35. The third kappa shape index (κ3) is 19.7. The van der Waals surface area contributed by atoms with Crippen LogP contribution in [0.4, 0.5) is 0 Å². The van der Waals surface area contributed by atoms with Gasteiger partial charge < -0.3 is 37.4 Å². The highest BCUT2D eigenvalue weighted by Crippen LogP contribution is 2.59. The Morgan fingerprint density at radius 3 is 0.886 bits per heavy atom. The zero-order valence-electron chi connectivity index (χ0n) is 66.8. The molecule has 9 aromatic carbocycles. The summed E-state index contributed by atoms with van der Waals surface area (Å²) in [7, 11) is -6.92. The number of hydrogen-bond donors (Lipinski definition) is 2. The lowest BCUT2D eigenvalue weighted by molar-refractivity contribution is 0.260. The summed E-state index contributed by atoms with van der Waals surface area (Å²) >= 11 is 0. The first-order valence-corrected chi connectivity index (χ1v) is 55.9. The summed E-state index contributed by atoms with van der Waals surface area (Å²) in [4.78, 5) is 0. The lowest BCUT2D eigenvalue weighted by atomic mass is 9.67. The minimum Gasteiger partial charge on any atom is -0.508 e. The Hall–Kier alpha value is -6.90. The second-order valence-electron chi connectivity index (χ2n) is 33.9. The van der Waals surface area contributed by atoms with Gasteiger partial charge in [0.15, 0.2) is 16.6 Å². The van der Waals surface area contributed by atoms with E-state index in [-0.39, 0.29) is 12.2 Å². The zero-order chi connectivity index (χ0) is 75.5. The van der Waals surface area contributed by atoms with Gasteiger partial charge in [-0.05, 0) is 217 Å². The number of ether oxygens (including phenoxy) is 4. The summed E-state index contributed by atoms with van der Waals surface area (Å²) in [5.74, 6) is 2.70. The van der Waals surface area contributed by atoms with Crippen LogP contribution in [0.15, 0.2) is 194 Å². The average Bonchev–Trinajstić information content (AvgIpc) is 1.56. The van der Waals surface area contributed by atoms with Crippen molar-refractivity contribution in [3.63, 3.8) is 0 Å². The molecule has 0 radical (unpaired) electrons. The molecule has 105 heavy (non-hydrogen) atoms. The molecule has 0 spiro atoms. The van der Waals surface area contributed by atoms with Crippen molar-refractivity contribution in [2.24, 2.45) is 0 Å². The van der Waals surface area contributed by atoms with E-state index in [1.54, 1.807) is 10.4 Å². The molecule has 2 N–H and O–H groups in total. The molecule has 2 aliphatic heterocycles. The molecular formula is C92H122O8Si5. The molecule has 9 aromatic rings. The molecule has 2 aliphatic carbocycles. The lowest BCUT2D eigenvalue weighted by Crippen LogP contribution is -2.50. The minimum absolute atomic E-state index is 0.229. The molecule has 2 fully saturated rings. The van der Waals surface area contributed by atoms with Crippen LogP contribution in [0.5, 0.6) is 23.0 Å². The molecule has 2 unspecified atom stereocenters. The van der Waals surface area contributed by atoms with E-state index in [0.29, 0.717) is 24.7 Å². The number of epoxide rings is 2. The van der Waals surface area contributed by atoms with Crippen molar-refractivity contribution in [1.29, 1.82) is 0 Å². The third-order valence-electron chi connectivity index (χ3n) is 20.5. The fourth-order valence-electron chi connectivity index (χ4n) is 15.5. The second-order valence-corrected chi connectivity index (χ2v) is 56.9. The quantitative estimate of drug-likeness (QED) is 0.0369. The van der Waals surface area contributed by atoms with Gasteiger partial charge in [0, 0.05) is 0 Å². The second kappa shape index (κ2) is 34.6. The maximum atomic E-state index is 10.7. The van der Waals surface area contributed by atoms with Gasteiger partial charge in [-0.2, -0.15) is 0 Å². The third-order valence-corrected chi connectivity index (χ3v) is 33.5. The first-order chi connectivity index (χ1) is 49.9. The Bertz CT molecular complexity index is 4080. The van der Waals surface area contributed by atoms with E-state index in [0.717, 1.165) is 124 Å². The maximum Gasteiger partial charge on any atom is 0.311 e. The number of aromatic hydroxyl groups is 2. The van der Waals surface area contributed by atoms with Gasteiger partial charge in [0.2, 0.25) is 0 Å². The number of unbranched alkanes of at least 4 members (excludes halogenated alkanes) is 4. The molecule has 13 rings (SSSR count). The highest BCUT2D eigenvalue weighted by atomic mass is 28.5. The van der Waals surface area contributed by atoms with Crippen molar-refractivity contribution >= 4 is 51.7 Å². The molecule has 13 heteroatoms.